The lowest BCUT2D eigenvalue weighted by Crippen LogP contribution is -2.48. The molecule has 26 heavy (non-hydrogen) atoms. The number of carbonyl (C=O) groups excluding carboxylic acids is 3. The van der Waals surface area contributed by atoms with E-state index in [0.717, 1.165) is 0 Å². The molecule has 0 bridgehead atoms. The van der Waals surface area contributed by atoms with Gasteiger partial charge in [-0.05, 0) is 38.3 Å². The van der Waals surface area contributed by atoms with E-state index in [2.05, 4.69) is 5.32 Å². The van der Waals surface area contributed by atoms with Crippen LogP contribution in [-0.2, 0) is 14.3 Å². The number of benzene rings is 1. The molecule has 0 radical (unpaired) electrons. The number of esters is 1. The Hall–Kier alpha value is -2.54. The molecular formula is C18H20ClN2O5-. The van der Waals surface area contributed by atoms with Crippen LogP contribution >= 0.6 is 11.6 Å². The summed E-state index contributed by atoms with van der Waals surface area (Å²) in [6, 6.07) is 5.74. The van der Waals surface area contributed by atoms with Gasteiger partial charge in [0.05, 0.1) is 18.2 Å². The van der Waals surface area contributed by atoms with Gasteiger partial charge in [-0.2, -0.15) is 0 Å². The summed E-state index contributed by atoms with van der Waals surface area (Å²) in [5.41, 5.74) is 1.27. The number of carbonyl (C=O) groups is 3. The van der Waals surface area contributed by atoms with Gasteiger partial charge in [0.2, 0.25) is 0 Å². The number of hydrogen-bond acceptors (Lipinski definition) is 5. The molecule has 140 valence electrons. The first-order valence-electron chi connectivity index (χ1n) is 8.27. The fourth-order valence-electron chi connectivity index (χ4n) is 2.85. The molecule has 0 aromatic heterocycles. The first-order chi connectivity index (χ1) is 12.4. The predicted molar refractivity (Wildman–Crippen MR) is 93.0 cm³/mol. The van der Waals surface area contributed by atoms with Crippen LogP contribution in [0.4, 0.5) is 4.79 Å². The first-order valence-corrected chi connectivity index (χ1v) is 8.64. The van der Waals surface area contributed by atoms with Gasteiger partial charge in [0, 0.05) is 23.2 Å². The highest BCUT2D eigenvalue weighted by Gasteiger charge is 2.36. The van der Waals surface area contributed by atoms with Crippen molar-refractivity contribution in [3.8, 4) is 0 Å². The fourth-order valence-corrected chi connectivity index (χ4v) is 3.09. The number of carboxylic acids is 1. The van der Waals surface area contributed by atoms with Gasteiger partial charge in [-0.1, -0.05) is 29.8 Å². The first kappa shape index (κ1) is 19.8. The van der Waals surface area contributed by atoms with Crippen LogP contribution in [0.15, 0.2) is 35.5 Å². The molecule has 1 aromatic rings. The second kappa shape index (κ2) is 8.71. The molecule has 0 unspecified atom stereocenters. The van der Waals surface area contributed by atoms with E-state index in [1.807, 2.05) is 0 Å². The molecule has 1 atom stereocenters. The van der Waals surface area contributed by atoms with E-state index in [0.29, 0.717) is 16.3 Å². The average Bonchev–Trinajstić information content (AvgIpc) is 2.57. The Balaban J connectivity index is 2.42. The maximum atomic E-state index is 12.5. The van der Waals surface area contributed by atoms with E-state index in [4.69, 9.17) is 16.3 Å². The Bertz CT molecular complexity index is 747. The third kappa shape index (κ3) is 4.35. The SMILES string of the molecule is CCOC(=O)C1=C(C)N(CCCC(=O)[O-])C(=O)N[C@@H]1c1ccccc1Cl. The van der Waals surface area contributed by atoms with E-state index < -0.39 is 24.0 Å². The van der Waals surface area contributed by atoms with E-state index in [-0.39, 0.29) is 31.6 Å². The zero-order valence-corrected chi connectivity index (χ0v) is 15.3. The number of aliphatic carboxylic acids is 1. The van der Waals surface area contributed by atoms with Crippen LogP contribution < -0.4 is 10.4 Å². The number of rotatable bonds is 7. The number of allylic oxidation sites excluding steroid dienone is 1. The quantitative estimate of drug-likeness (QED) is 0.728. The Kier molecular flexibility index (Phi) is 6.63. The number of ether oxygens (including phenoxy) is 1. The van der Waals surface area contributed by atoms with Crippen LogP contribution in [0.3, 0.4) is 0 Å². The van der Waals surface area contributed by atoms with Crippen LogP contribution in [0.2, 0.25) is 5.02 Å². The topological polar surface area (TPSA) is 98.8 Å². The maximum absolute atomic E-state index is 12.5. The molecule has 1 heterocycles. The standard InChI is InChI=1S/C18H21ClN2O5/c1-3-26-17(24)15-11(2)21(10-6-9-14(22)23)18(25)20-16(15)12-7-4-5-8-13(12)19/h4-5,7-8,16H,3,6,9-10H2,1-2H3,(H,20,25)(H,22,23)/p-1/t16-/m1/s1. The monoisotopic (exact) mass is 379 g/mol. The van der Waals surface area contributed by atoms with Gasteiger partial charge in [-0.3, -0.25) is 4.90 Å². The number of nitrogens with zero attached hydrogens (tertiary/aromatic N) is 1. The molecule has 7 nitrogen and oxygen atoms in total. The molecule has 1 N–H and O–H groups in total. The summed E-state index contributed by atoms with van der Waals surface area (Å²) in [7, 11) is 0. The number of hydrogen-bond donors (Lipinski definition) is 1. The molecule has 8 heteroatoms. The van der Waals surface area contributed by atoms with Crippen molar-refractivity contribution >= 4 is 29.6 Å². The maximum Gasteiger partial charge on any atom is 0.338 e. The van der Waals surface area contributed by atoms with Crippen molar-refractivity contribution in [3.63, 3.8) is 0 Å². The molecule has 0 aliphatic carbocycles. The zero-order valence-electron chi connectivity index (χ0n) is 14.6. The summed E-state index contributed by atoms with van der Waals surface area (Å²) >= 11 is 6.24. The van der Waals surface area contributed by atoms with E-state index in [1.165, 1.54) is 4.90 Å². The molecule has 1 aliphatic rings. The number of halogens is 1. The molecule has 0 spiro atoms. The van der Waals surface area contributed by atoms with Crippen molar-refractivity contribution in [3.05, 3.63) is 46.1 Å². The van der Waals surface area contributed by atoms with Gasteiger partial charge in [-0.25, -0.2) is 9.59 Å². The van der Waals surface area contributed by atoms with Crippen LogP contribution in [0, 0.1) is 0 Å². The van der Waals surface area contributed by atoms with Crippen molar-refractivity contribution in [1.29, 1.82) is 0 Å². The van der Waals surface area contributed by atoms with Crippen molar-refractivity contribution in [2.45, 2.75) is 32.7 Å². The molecule has 1 aromatic carbocycles. The predicted octanol–water partition coefficient (Wildman–Crippen LogP) is 1.77. The van der Waals surface area contributed by atoms with Crippen molar-refractivity contribution in [2.75, 3.05) is 13.2 Å². The highest BCUT2D eigenvalue weighted by Crippen LogP contribution is 2.34. The molecule has 0 saturated heterocycles. The van der Waals surface area contributed by atoms with Gasteiger partial charge in [0.25, 0.3) is 0 Å². The average molecular weight is 380 g/mol. The largest absolute Gasteiger partial charge is 0.550 e. The minimum absolute atomic E-state index is 0.143. The summed E-state index contributed by atoms with van der Waals surface area (Å²) in [5, 5.41) is 13.8. The minimum atomic E-state index is -1.19. The highest BCUT2D eigenvalue weighted by molar-refractivity contribution is 6.31. The molecule has 2 rings (SSSR count). The number of urea groups is 1. The van der Waals surface area contributed by atoms with E-state index in [9.17, 15) is 19.5 Å². The summed E-state index contributed by atoms with van der Waals surface area (Å²) in [6.45, 7) is 3.65. The Morgan fingerprint density at radius 3 is 2.65 bits per heavy atom. The second-order valence-corrected chi connectivity index (χ2v) is 6.16. The number of carboxylic acid groups (broad SMARTS) is 1. The third-order valence-electron chi connectivity index (χ3n) is 4.07. The van der Waals surface area contributed by atoms with Crippen molar-refractivity contribution in [2.24, 2.45) is 0 Å². The molecule has 0 fully saturated rings. The van der Waals surface area contributed by atoms with E-state index in [1.54, 1.807) is 38.1 Å². The smallest absolute Gasteiger partial charge is 0.338 e. The molecule has 1 aliphatic heterocycles. The second-order valence-electron chi connectivity index (χ2n) is 5.75. The van der Waals surface area contributed by atoms with Crippen molar-refractivity contribution in [1.82, 2.24) is 10.2 Å². The van der Waals surface area contributed by atoms with Gasteiger partial charge in [0.1, 0.15) is 0 Å². The molecule has 0 saturated carbocycles. The van der Waals surface area contributed by atoms with Crippen LogP contribution in [0.25, 0.3) is 0 Å². The molecular weight excluding hydrogens is 360 g/mol. The van der Waals surface area contributed by atoms with Crippen LogP contribution in [0.5, 0.6) is 0 Å². The normalized spacial score (nSPS) is 17.1. The Morgan fingerprint density at radius 1 is 1.35 bits per heavy atom. The zero-order chi connectivity index (χ0) is 19.3. The third-order valence-corrected chi connectivity index (χ3v) is 4.41. The van der Waals surface area contributed by atoms with Crippen LogP contribution in [0.1, 0.15) is 38.3 Å². The summed E-state index contributed by atoms with van der Waals surface area (Å²) in [4.78, 5) is 37.0. The lowest BCUT2D eigenvalue weighted by molar-refractivity contribution is -0.305. The Labute approximate surface area is 156 Å². The summed E-state index contributed by atoms with van der Waals surface area (Å²) in [6.07, 6.45) is 0.0275. The van der Waals surface area contributed by atoms with Crippen molar-refractivity contribution < 1.29 is 24.2 Å². The highest BCUT2D eigenvalue weighted by atomic mass is 35.5. The Morgan fingerprint density at radius 2 is 2.04 bits per heavy atom. The lowest BCUT2D eigenvalue weighted by atomic mass is 9.94. The van der Waals surface area contributed by atoms with Gasteiger partial charge < -0.3 is 20.0 Å². The lowest BCUT2D eigenvalue weighted by Gasteiger charge is -2.35. The summed E-state index contributed by atoms with van der Waals surface area (Å²) < 4.78 is 5.15. The van der Waals surface area contributed by atoms with Gasteiger partial charge in [-0.15, -0.1) is 0 Å². The molecule has 2 amide bonds. The van der Waals surface area contributed by atoms with Crippen LogP contribution in [-0.4, -0.2) is 36.0 Å². The van der Waals surface area contributed by atoms with Gasteiger partial charge in [0.15, 0.2) is 0 Å². The number of amides is 2. The van der Waals surface area contributed by atoms with Gasteiger partial charge >= 0.3 is 12.0 Å². The summed E-state index contributed by atoms with van der Waals surface area (Å²) in [5.74, 6) is -1.75. The number of nitrogens with one attached hydrogen (secondary N) is 1. The minimum Gasteiger partial charge on any atom is -0.550 e. The fraction of sp³-hybridized carbons (Fsp3) is 0.389. The van der Waals surface area contributed by atoms with E-state index >= 15 is 0 Å².